The molecular formula is C25H30BrF2N3O4. The number of aromatic nitrogens is 1. The Morgan fingerprint density at radius 3 is 2.54 bits per heavy atom. The minimum absolute atomic E-state index is 0.0923. The molecule has 1 aliphatic heterocycles. The summed E-state index contributed by atoms with van der Waals surface area (Å²) in [7, 11) is 0. The van der Waals surface area contributed by atoms with Crippen molar-refractivity contribution in [2.75, 3.05) is 25.0 Å². The van der Waals surface area contributed by atoms with E-state index in [0.29, 0.717) is 30.5 Å². The van der Waals surface area contributed by atoms with E-state index in [4.69, 9.17) is 0 Å². The lowest BCUT2D eigenvalue weighted by Gasteiger charge is -2.50. The molecule has 0 bridgehead atoms. The Morgan fingerprint density at radius 2 is 1.94 bits per heavy atom. The summed E-state index contributed by atoms with van der Waals surface area (Å²) in [6.45, 7) is 5.59. The topological polar surface area (TPSA) is 91.8 Å². The van der Waals surface area contributed by atoms with Crippen molar-refractivity contribution in [2.24, 2.45) is 5.41 Å². The third-order valence-corrected chi connectivity index (χ3v) is 6.85. The van der Waals surface area contributed by atoms with E-state index in [1.165, 1.54) is 12.3 Å². The molecule has 1 aromatic heterocycles. The fourth-order valence-electron chi connectivity index (χ4n) is 4.22. The number of halogens is 3. The number of carboxylic acids is 1. The lowest BCUT2D eigenvalue weighted by molar-refractivity contribution is -0.148. The van der Waals surface area contributed by atoms with E-state index in [-0.39, 0.29) is 23.4 Å². The summed E-state index contributed by atoms with van der Waals surface area (Å²) in [4.78, 5) is 31.4. The third-order valence-electron chi connectivity index (χ3n) is 6.42. The number of aliphatic carboxylic acids is 1. The fourth-order valence-corrected chi connectivity index (χ4v) is 4.53. The molecule has 0 saturated carbocycles. The van der Waals surface area contributed by atoms with Crippen LogP contribution < -0.4 is 10.1 Å². The second-order valence-corrected chi connectivity index (χ2v) is 10.7. The molecule has 1 amide bonds. The normalized spacial score (nSPS) is 15.7. The van der Waals surface area contributed by atoms with Crippen LogP contribution in [0, 0.1) is 5.41 Å². The van der Waals surface area contributed by atoms with Gasteiger partial charge in [0.2, 0.25) is 5.91 Å². The number of benzene rings is 1. The first-order valence-electron chi connectivity index (χ1n) is 11.3. The number of pyridine rings is 1. The largest absolute Gasteiger partial charge is 0.481 e. The molecule has 1 fully saturated rings. The minimum atomic E-state index is -3.07. The number of anilines is 1. The first-order chi connectivity index (χ1) is 16.4. The van der Waals surface area contributed by atoms with Gasteiger partial charge in [-0.1, -0.05) is 38.1 Å². The summed E-state index contributed by atoms with van der Waals surface area (Å²) in [6.07, 6.45) is 1.82. The first-order valence-corrected chi connectivity index (χ1v) is 12.1. The smallest absolute Gasteiger partial charge is 0.387 e. The molecule has 1 aliphatic rings. The maximum atomic E-state index is 13.7. The number of rotatable bonds is 10. The molecule has 0 aliphatic carbocycles. The van der Waals surface area contributed by atoms with E-state index in [9.17, 15) is 23.5 Å². The van der Waals surface area contributed by atoms with Crippen LogP contribution in [0.2, 0.25) is 0 Å². The number of hydrogen-bond donors (Lipinski definition) is 2. The van der Waals surface area contributed by atoms with Gasteiger partial charge in [0.25, 0.3) is 0 Å². The van der Waals surface area contributed by atoms with Gasteiger partial charge in [-0.3, -0.25) is 9.59 Å². The molecule has 7 nitrogen and oxygen atoms in total. The molecule has 0 unspecified atom stereocenters. The van der Waals surface area contributed by atoms with Crippen LogP contribution in [0.3, 0.4) is 0 Å². The summed E-state index contributed by atoms with van der Waals surface area (Å²) in [6, 6.07) is 9.01. The summed E-state index contributed by atoms with van der Waals surface area (Å²) < 4.78 is 30.9. The molecule has 2 N–H and O–H groups in total. The van der Waals surface area contributed by atoms with Crippen molar-refractivity contribution < 1.29 is 28.2 Å². The number of likely N-dealkylation sites (tertiary alicyclic amines) is 1. The van der Waals surface area contributed by atoms with Crippen LogP contribution in [0.15, 0.2) is 41.0 Å². The highest BCUT2D eigenvalue weighted by Crippen LogP contribution is 2.41. The second kappa shape index (κ2) is 10.6. The van der Waals surface area contributed by atoms with Gasteiger partial charge in [-0.05, 0) is 59.8 Å². The predicted octanol–water partition coefficient (Wildman–Crippen LogP) is 5.26. The number of hydrogen-bond acceptors (Lipinski definition) is 5. The maximum absolute atomic E-state index is 13.7. The highest BCUT2D eigenvalue weighted by atomic mass is 79.9. The van der Waals surface area contributed by atoms with Gasteiger partial charge in [0.1, 0.15) is 0 Å². The van der Waals surface area contributed by atoms with Crippen molar-refractivity contribution in [3.8, 4) is 5.75 Å². The van der Waals surface area contributed by atoms with Gasteiger partial charge in [-0.15, -0.1) is 0 Å². The highest BCUT2D eigenvalue weighted by Gasteiger charge is 2.52. The molecule has 1 saturated heterocycles. The van der Waals surface area contributed by atoms with Crippen LogP contribution in [0.5, 0.6) is 5.75 Å². The zero-order chi connectivity index (χ0) is 26.0. The number of alkyl halides is 2. The molecule has 1 aromatic carbocycles. The number of carbonyl (C=O) groups is 2. The Labute approximate surface area is 212 Å². The van der Waals surface area contributed by atoms with E-state index in [1.54, 1.807) is 13.8 Å². The average Bonchev–Trinajstić information content (AvgIpc) is 2.74. The standard InChI is InChI=1S/C25H30BrF2N3O4/c1-15(2)17-7-5-6-8-18(17)25(13-31(14-25)10-9-24(3,4)22(33)34)21(32)30-20-19(35-23(27)28)11-16(26)12-29-20/h5-8,11-12,15,23H,9-10,13-14H2,1-4H3,(H,33,34)(H,29,30,32). The molecule has 3 rings (SSSR count). The van der Waals surface area contributed by atoms with Crippen molar-refractivity contribution in [2.45, 2.75) is 52.1 Å². The van der Waals surface area contributed by atoms with Gasteiger partial charge in [0, 0.05) is 29.8 Å². The summed E-state index contributed by atoms with van der Waals surface area (Å²) in [5.41, 5.74) is 0.0280. The van der Waals surface area contributed by atoms with Gasteiger partial charge in [-0.2, -0.15) is 8.78 Å². The van der Waals surface area contributed by atoms with Gasteiger partial charge < -0.3 is 20.1 Å². The van der Waals surface area contributed by atoms with Crippen LogP contribution in [-0.2, 0) is 15.0 Å². The van der Waals surface area contributed by atoms with Crippen LogP contribution >= 0.6 is 15.9 Å². The first kappa shape index (κ1) is 27.0. The Bertz CT molecular complexity index is 1090. The number of nitrogens with zero attached hydrogens (tertiary/aromatic N) is 2. The van der Waals surface area contributed by atoms with Crippen molar-refractivity contribution in [1.29, 1.82) is 0 Å². The third kappa shape index (κ3) is 5.98. The van der Waals surface area contributed by atoms with Crippen molar-refractivity contribution in [3.05, 3.63) is 52.1 Å². The Balaban J connectivity index is 1.91. The lowest BCUT2D eigenvalue weighted by Crippen LogP contribution is -2.65. The van der Waals surface area contributed by atoms with E-state index in [1.807, 2.05) is 43.0 Å². The zero-order valence-electron chi connectivity index (χ0n) is 20.1. The molecule has 0 atom stereocenters. The van der Waals surface area contributed by atoms with Crippen LogP contribution in [-0.4, -0.2) is 53.1 Å². The molecule has 10 heteroatoms. The summed E-state index contributed by atoms with van der Waals surface area (Å²) >= 11 is 3.18. The van der Waals surface area contributed by atoms with E-state index in [2.05, 4.69) is 31.0 Å². The molecular weight excluding hydrogens is 524 g/mol. The van der Waals surface area contributed by atoms with Gasteiger partial charge in [0.05, 0.1) is 10.8 Å². The SMILES string of the molecule is CC(C)c1ccccc1C1(C(=O)Nc2ncc(Br)cc2OC(F)F)CN(CCC(C)(C)C(=O)O)C1. The summed E-state index contributed by atoms with van der Waals surface area (Å²) in [5, 5.41) is 12.1. The molecule has 2 aromatic rings. The highest BCUT2D eigenvalue weighted by molar-refractivity contribution is 9.10. The van der Waals surface area contributed by atoms with Crippen molar-refractivity contribution in [1.82, 2.24) is 9.88 Å². The fraction of sp³-hybridized carbons (Fsp3) is 0.480. The Hall–Kier alpha value is -2.59. The number of carbonyl (C=O) groups excluding carboxylic acids is 1. The molecule has 0 spiro atoms. The van der Waals surface area contributed by atoms with Crippen LogP contribution in [0.25, 0.3) is 0 Å². The van der Waals surface area contributed by atoms with Gasteiger partial charge in [0.15, 0.2) is 11.6 Å². The molecule has 190 valence electrons. The van der Waals surface area contributed by atoms with Crippen LogP contribution in [0.4, 0.5) is 14.6 Å². The van der Waals surface area contributed by atoms with E-state index >= 15 is 0 Å². The Kier molecular flexibility index (Phi) is 8.16. The minimum Gasteiger partial charge on any atom is -0.481 e. The monoisotopic (exact) mass is 553 g/mol. The second-order valence-electron chi connectivity index (χ2n) is 9.81. The maximum Gasteiger partial charge on any atom is 0.387 e. The summed E-state index contributed by atoms with van der Waals surface area (Å²) in [5.74, 6) is -1.44. The zero-order valence-corrected chi connectivity index (χ0v) is 21.7. The number of ether oxygens (including phenoxy) is 1. The van der Waals surface area contributed by atoms with Crippen molar-refractivity contribution in [3.63, 3.8) is 0 Å². The van der Waals surface area contributed by atoms with Gasteiger partial charge >= 0.3 is 12.6 Å². The molecule has 35 heavy (non-hydrogen) atoms. The predicted molar refractivity (Wildman–Crippen MR) is 132 cm³/mol. The lowest BCUT2D eigenvalue weighted by atomic mass is 9.69. The van der Waals surface area contributed by atoms with E-state index < -0.39 is 23.4 Å². The van der Waals surface area contributed by atoms with Gasteiger partial charge in [-0.25, -0.2) is 4.98 Å². The number of amides is 1. The average molecular weight is 554 g/mol. The molecule has 0 radical (unpaired) electrons. The quantitative estimate of drug-likeness (QED) is 0.417. The van der Waals surface area contributed by atoms with E-state index in [0.717, 1.165) is 11.1 Å². The van der Waals surface area contributed by atoms with Crippen molar-refractivity contribution >= 4 is 33.6 Å². The molecule has 2 heterocycles. The number of carboxylic acid groups (broad SMARTS) is 1. The number of nitrogens with one attached hydrogen (secondary N) is 1. The Morgan fingerprint density at radius 1 is 1.29 bits per heavy atom. The van der Waals surface area contributed by atoms with Crippen LogP contribution in [0.1, 0.15) is 51.2 Å².